The molecule has 3 rings (SSSR count). The zero-order valence-electron chi connectivity index (χ0n) is 14.2. The van der Waals surface area contributed by atoms with Crippen LogP contribution in [0.1, 0.15) is 27.2 Å². The minimum absolute atomic E-state index is 0.294. The number of rotatable bonds is 4. The van der Waals surface area contributed by atoms with Crippen LogP contribution in [0.5, 0.6) is 0 Å². The summed E-state index contributed by atoms with van der Waals surface area (Å²) < 4.78 is 1.58. The number of hydrogen-bond acceptors (Lipinski definition) is 3. The third kappa shape index (κ3) is 3.95. The summed E-state index contributed by atoms with van der Waals surface area (Å²) >= 11 is 12.4. The third-order valence-electron chi connectivity index (χ3n) is 3.77. The van der Waals surface area contributed by atoms with Crippen molar-refractivity contribution in [2.75, 3.05) is 0 Å². The van der Waals surface area contributed by atoms with Crippen molar-refractivity contribution < 1.29 is 4.79 Å². The van der Waals surface area contributed by atoms with Crippen LogP contribution in [0.25, 0.3) is 5.69 Å². The first kappa shape index (κ1) is 18.2. The Kier molecular flexibility index (Phi) is 5.40. The molecule has 1 aromatic heterocycles. The molecule has 1 N–H and O–H groups in total. The number of carbonyl (C=O) groups excluding carboxylic acids is 1. The molecule has 0 aliphatic heterocycles. The summed E-state index contributed by atoms with van der Waals surface area (Å²) in [6.07, 6.45) is 1.48. The number of halogens is 2. The van der Waals surface area contributed by atoms with Crippen molar-refractivity contribution in [2.24, 2.45) is 5.10 Å². The normalized spacial score (nSPS) is 11.1. The van der Waals surface area contributed by atoms with Crippen LogP contribution >= 0.6 is 23.2 Å². The van der Waals surface area contributed by atoms with Crippen molar-refractivity contribution in [3.8, 4) is 5.69 Å². The molecule has 0 bridgehead atoms. The highest BCUT2D eigenvalue weighted by Gasteiger charge is 2.13. The van der Waals surface area contributed by atoms with Crippen LogP contribution in [0.15, 0.2) is 53.6 Å². The molecule has 0 radical (unpaired) electrons. The van der Waals surface area contributed by atoms with Crippen LogP contribution < -0.4 is 5.43 Å². The fourth-order valence-electron chi connectivity index (χ4n) is 2.36. The largest absolute Gasteiger partial charge is 0.271 e. The number of aryl methyl sites for hydroxylation is 2. The molecule has 26 heavy (non-hydrogen) atoms. The molecule has 1 amide bonds. The predicted octanol–water partition coefficient (Wildman–Crippen LogP) is 4.56. The SMILES string of the molecule is Cc1ccc(C(=O)N/N=C\c2c(C)nn(-c3cccc(Cl)c3)c2Cl)cc1. The van der Waals surface area contributed by atoms with Crippen molar-refractivity contribution in [3.63, 3.8) is 0 Å². The molecular formula is C19H16Cl2N4O. The second-order valence-electron chi connectivity index (χ2n) is 5.75. The molecular weight excluding hydrogens is 371 g/mol. The molecule has 1 heterocycles. The van der Waals surface area contributed by atoms with Gasteiger partial charge in [-0.1, -0.05) is 47.0 Å². The molecule has 3 aromatic rings. The second-order valence-corrected chi connectivity index (χ2v) is 6.54. The lowest BCUT2D eigenvalue weighted by Crippen LogP contribution is -2.17. The van der Waals surface area contributed by atoms with Gasteiger partial charge in [0.1, 0.15) is 5.15 Å². The summed E-state index contributed by atoms with van der Waals surface area (Å²) in [7, 11) is 0. The fourth-order valence-corrected chi connectivity index (χ4v) is 2.87. The second kappa shape index (κ2) is 7.72. The number of aromatic nitrogens is 2. The van der Waals surface area contributed by atoms with Gasteiger partial charge < -0.3 is 0 Å². The smallest absolute Gasteiger partial charge is 0.267 e. The van der Waals surface area contributed by atoms with Gasteiger partial charge in [0, 0.05) is 10.6 Å². The van der Waals surface area contributed by atoms with Crippen LogP contribution in [0.3, 0.4) is 0 Å². The van der Waals surface area contributed by atoms with Crippen LogP contribution in [0.4, 0.5) is 0 Å². The highest BCUT2D eigenvalue weighted by molar-refractivity contribution is 6.32. The zero-order valence-corrected chi connectivity index (χ0v) is 15.7. The average Bonchev–Trinajstić information content (AvgIpc) is 2.90. The summed E-state index contributed by atoms with van der Waals surface area (Å²) in [5.74, 6) is -0.294. The van der Waals surface area contributed by atoms with E-state index in [-0.39, 0.29) is 5.91 Å². The Hall–Kier alpha value is -2.63. The van der Waals surface area contributed by atoms with E-state index in [0.29, 0.717) is 27.0 Å². The summed E-state index contributed by atoms with van der Waals surface area (Å²) in [5, 5.41) is 9.38. The maximum atomic E-state index is 12.1. The Bertz CT molecular complexity index is 978. The Morgan fingerprint density at radius 2 is 1.88 bits per heavy atom. The molecule has 0 saturated carbocycles. The van der Waals surface area contributed by atoms with E-state index >= 15 is 0 Å². The van der Waals surface area contributed by atoms with E-state index in [9.17, 15) is 4.79 Å². The summed E-state index contributed by atoms with van der Waals surface area (Å²) in [6, 6.07) is 14.4. The zero-order chi connectivity index (χ0) is 18.7. The van der Waals surface area contributed by atoms with E-state index in [4.69, 9.17) is 23.2 Å². The maximum Gasteiger partial charge on any atom is 0.271 e. The number of nitrogens with zero attached hydrogens (tertiary/aromatic N) is 3. The Balaban J connectivity index is 1.79. The van der Waals surface area contributed by atoms with Crippen molar-refractivity contribution in [1.82, 2.24) is 15.2 Å². The van der Waals surface area contributed by atoms with Crippen molar-refractivity contribution in [3.05, 3.63) is 81.1 Å². The van der Waals surface area contributed by atoms with Gasteiger partial charge in [0.2, 0.25) is 0 Å². The summed E-state index contributed by atoms with van der Waals surface area (Å²) in [6.45, 7) is 3.78. The quantitative estimate of drug-likeness (QED) is 0.527. The van der Waals surface area contributed by atoms with E-state index in [2.05, 4.69) is 15.6 Å². The molecule has 5 nitrogen and oxygen atoms in total. The monoisotopic (exact) mass is 386 g/mol. The Morgan fingerprint density at radius 1 is 1.15 bits per heavy atom. The highest BCUT2D eigenvalue weighted by atomic mass is 35.5. The number of benzene rings is 2. The van der Waals surface area contributed by atoms with Crippen LogP contribution in [0.2, 0.25) is 10.2 Å². The lowest BCUT2D eigenvalue weighted by atomic mass is 10.1. The van der Waals surface area contributed by atoms with Gasteiger partial charge in [-0.15, -0.1) is 0 Å². The topological polar surface area (TPSA) is 59.3 Å². The van der Waals surface area contributed by atoms with Gasteiger partial charge in [-0.3, -0.25) is 4.79 Å². The lowest BCUT2D eigenvalue weighted by Gasteiger charge is -2.03. The number of hydrogen-bond donors (Lipinski definition) is 1. The molecule has 0 aliphatic rings. The highest BCUT2D eigenvalue weighted by Crippen LogP contribution is 2.23. The van der Waals surface area contributed by atoms with E-state index in [1.165, 1.54) is 6.21 Å². The molecule has 2 aromatic carbocycles. The van der Waals surface area contributed by atoms with Gasteiger partial charge in [0.25, 0.3) is 5.91 Å². The Labute approximate surface area is 161 Å². The van der Waals surface area contributed by atoms with Gasteiger partial charge in [-0.25, -0.2) is 10.1 Å². The van der Waals surface area contributed by atoms with Gasteiger partial charge in [-0.2, -0.15) is 10.2 Å². The first-order valence-corrected chi connectivity index (χ1v) is 8.62. The van der Waals surface area contributed by atoms with Gasteiger partial charge in [0.05, 0.1) is 23.2 Å². The Morgan fingerprint density at radius 3 is 2.58 bits per heavy atom. The van der Waals surface area contributed by atoms with Crippen LogP contribution in [0, 0.1) is 13.8 Å². The molecule has 0 spiro atoms. The third-order valence-corrected chi connectivity index (χ3v) is 4.37. The van der Waals surface area contributed by atoms with Gasteiger partial charge >= 0.3 is 0 Å². The molecule has 132 valence electrons. The predicted molar refractivity (Wildman–Crippen MR) is 105 cm³/mol. The van der Waals surface area contributed by atoms with Crippen LogP contribution in [-0.4, -0.2) is 21.9 Å². The fraction of sp³-hybridized carbons (Fsp3) is 0.105. The molecule has 0 fully saturated rings. The maximum absolute atomic E-state index is 12.1. The van der Waals surface area contributed by atoms with E-state index in [0.717, 1.165) is 11.3 Å². The van der Waals surface area contributed by atoms with E-state index in [1.807, 2.05) is 38.1 Å². The first-order chi connectivity index (χ1) is 12.5. The summed E-state index contributed by atoms with van der Waals surface area (Å²) in [4.78, 5) is 12.1. The number of hydrazone groups is 1. The van der Waals surface area contributed by atoms with Crippen molar-refractivity contribution in [2.45, 2.75) is 13.8 Å². The molecule has 0 aliphatic carbocycles. The summed E-state index contributed by atoms with van der Waals surface area (Å²) in [5.41, 5.74) is 6.16. The average molecular weight is 387 g/mol. The van der Waals surface area contributed by atoms with E-state index < -0.39 is 0 Å². The van der Waals surface area contributed by atoms with Crippen molar-refractivity contribution in [1.29, 1.82) is 0 Å². The number of amides is 1. The number of nitrogens with one attached hydrogen (secondary N) is 1. The molecule has 0 saturated heterocycles. The molecule has 0 unspecified atom stereocenters. The lowest BCUT2D eigenvalue weighted by molar-refractivity contribution is 0.0955. The van der Waals surface area contributed by atoms with Gasteiger partial charge in [-0.05, 0) is 44.2 Å². The standard InChI is InChI=1S/C19H16Cl2N4O/c1-12-6-8-14(9-7-12)19(26)23-22-11-17-13(2)24-25(18(17)21)16-5-3-4-15(20)10-16/h3-11H,1-2H3,(H,23,26)/b22-11-. The molecule has 0 atom stereocenters. The number of carbonyl (C=O) groups is 1. The minimum atomic E-state index is -0.294. The van der Waals surface area contributed by atoms with Crippen LogP contribution in [-0.2, 0) is 0 Å². The molecule has 7 heteroatoms. The first-order valence-electron chi connectivity index (χ1n) is 7.87. The van der Waals surface area contributed by atoms with Gasteiger partial charge in [0.15, 0.2) is 0 Å². The van der Waals surface area contributed by atoms with Crippen molar-refractivity contribution >= 4 is 35.3 Å². The minimum Gasteiger partial charge on any atom is -0.267 e. The van der Waals surface area contributed by atoms with E-state index in [1.54, 1.807) is 28.9 Å².